The summed E-state index contributed by atoms with van der Waals surface area (Å²) in [6, 6.07) is 2.43. The first-order valence-electron chi connectivity index (χ1n) is 6.64. The van der Waals surface area contributed by atoms with Crippen LogP contribution in [0.25, 0.3) is 0 Å². The molecular formula is C15H25F2NO2. The summed E-state index contributed by atoms with van der Waals surface area (Å²) in [6.07, 6.45) is 0. The van der Waals surface area contributed by atoms with Crippen LogP contribution in [0.5, 0.6) is 0 Å². The van der Waals surface area contributed by atoms with Gasteiger partial charge in [-0.15, -0.1) is 0 Å². The Morgan fingerprint density at radius 1 is 1.20 bits per heavy atom. The molecule has 1 aromatic rings. The second-order valence-corrected chi connectivity index (χ2v) is 3.63. The van der Waals surface area contributed by atoms with E-state index in [0.717, 1.165) is 13.0 Å². The standard InChI is InChI=1S/C11H13F2NO2.2C2H6/c1-6-4-7(10(15)16-3)9(14)5-8(6)11(2,12)13;2*1-2/h4-5H,14H2,1-3H3;2*1-2H3. The first-order chi connectivity index (χ1) is 9.27. The zero-order chi connectivity index (χ0) is 16.5. The van der Waals surface area contributed by atoms with Crippen LogP contribution in [0, 0.1) is 6.92 Å². The number of methoxy groups -OCH3 is 1. The van der Waals surface area contributed by atoms with Gasteiger partial charge in [0.2, 0.25) is 0 Å². The third-order valence-electron chi connectivity index (χ3n) is 2.27. The topological polar surface area (TPSA) is 52.3 Å². The Morgan fingerprint density at radius 3 is 2.00 bits per heavy atom. The Kier molecular flexibility index (Phi) is 9.59. The summed E-state index contributed by atoms with van der Waals surface area (Å²) in [6.45, 7) is 10.3. The Hall–Kier alpha value is -1.65. The molecule has 1 rings (SSSR count). The lowest BCUT2D eigenvalue weighted by Crippen LogP contribution is -2.13. The molecule has 0 amide bonds. The molecule has 5 heteroatoms. The molecule has 0 aliphatic carbocycles. The lowest BCUT2D eigenvalue weighted by molar-refractivity contribution is 0.0168. The highest BCUT2D eigenvalue weighted by molar-refractivity contribution is 5.95. The first-order valence-corrected chi connectivity index (χ1v) is 6.64. The van der Waals surface area contributed by atoms with Crippen LogP contribution in [-0.2, 0) is 10.7 Å². The van der Waals surface area contributed by atoms with Crippen LogP contribution < -0.4 is 5.73 Å². The summed E-state index contributed by atoms with van der Waals surface area (Å²) in [5.74, 6) is -3.61. The summed E-state index contributed by atoms with van der Waals surface area (Å²) in [4.78, 5) is 11.3. The van der Waals surface area contributed by atoms with Gasteiger partial charge < -0.3 is 10.5 Å². The summed E-state index contributed by atoms with van der Waals surface area (Å²) >= 11 is 0. The van der Waals surface area contributed by atoms with E-state index in [0.29, 0.717) is 5.56 Å². The van der Waals surface area contributed by atoms with E-state index in [2.05, 4.69) is 4.74 Å². The molecule has 0 unspecified atom stereocenters. The quantitative estimate of drug-likeness (QED) is 0.643. The fraction of sp³-hybridized carbons (Fsp3) is 0.533. The number of nitrogen functional groups attached to an aromatic ring is 1. The van der Waals surface area contributed by atoms with Gasteiger partial charge >= 0.3 is 5.97 Å². The van der Waals surface area contributed by atoms with E-state index in [1.54, 1.807) is 0 Å². The average Bonchev–Trinajstić information content (AvgIpc) is 2.43. The fourth-order valence-corrected chi connectivity index (χ4v) is 1.48. The third kappa shape index (κ3) is 5.55. The van der Waals surface area contributed by atoms with Gasteiger partial charge in [-0.3, -0.25) is 0 Å². The van der Waals surface area contributed by atoms with Gasteiger partial charge in [0.1, 0.15) is 0 Å². The van der Waals surface area contributed by atoms with Gasteiger partial charge in [-0.25, -0.2) is 13.6 Å². The molecule has 0 saturated carbocycles. The van der Waals surface area contributed by atoms with E-state index in [-0.39, 0.29) is 16.8 Å². The molecule has 0 aromatic heterocycles. The average molecular weight is 289 g/mol. The SMILES string of the molecule is CC.CC.COC(=O)c1cc(C)c(C(C)(F)F)cc1N. The lowest BCUT2D eigenvalue weighted by atomic mass is 9.99. The molecule has 0 aliphatic rings. The first kappa shape index (κ1) is 20.7. The molecule has 116 valence electrons. The summed E-state index contributed by atoms with van der Waals surface area (Å²) in [7, 11) is 1.21. The van der Waals surface area contributed by atoms with Crippen molar-refractivity contribution < 1.29 is 18.3 Å². The fourth-order valence-electron chi connectivity index (χ4n) is 1.48. The second kappa shape index (κ2) is 9.28. The van der Waals surface area contributed by atoms with Gasteiger partial charge in [0.25, 0.3) is 5.92 Å². The maximum Gasteiger partial charge on any atom is 0.339 e. The maximum atomic E-state index is 13.1. The molecule has 0 saturated heterocycles. The summed E-state index contributed by atoms with van der Waals surface area (Å²) < 4.78 is 30.8. The molecule has 0 bridgehead atoms. The highest BCUT2D eigenvalue weighted by atomic mass is 19.3. The van der Waals surface area contributed by atoms with Crippen LogP contribution >= 0.6 is 0 Å². The number of halogens is 2. The van der Waals surface area contributed by atoms with Crippen LogP contribution in [0.2, 0.25) is 0 Å². The molecule has 0 spiro atoms. The molecule has 20 heavy (non-hydrogen) atoms. The van der Waals surface area contributed by atoms with E-state index in [1.165, 1.54) is 20.1 Å². The van der Waals surface area contributed by atoms with Gasteiger partial charge in [0.15, 0.2) is 0 Å². The van der Waals surface area contributed by atoms with Gasteiger partial charge in [0, 0.05) is 18.2 Å². The molecule has 0 atom stereocenters. The predicted molar refractivity (Wildman–Crippen MR) is 79.2 cm³/mol. The number of hydrogen-bond donors (Lipinski definition) is 1. The number of benzene rings is 1. The van der Waals surface area contributed by atoms with Crippen molar-refractivity contribution in [1.29, 1.82) is 0 Å². The molecule has 0 heterocycles. The zero-order valence-corrected chi connectivity index (χ0v) is 13.3. The third-order valence-corrected chi connectivity index (χ3v) is 2.27. The Balaban J connectivity index is 0. The van der Waals surface area contributed by atoms with E-state index in [1.807, 2.05) is 27.7 Å². The van der Waals surface area contributed by atoms with Crippen molar-refractivity contribution in [2.75, 3.05) is 12.8 Å². The smallest absolute Gasteiger partial charge is 0.339 e. The van der Waals surface area contributed by atoms with Gasteiger partial charge in [0.05, 0.1) is 12.7 Å². The molecule has 1 aromatic carbocycles. The van der Waals surface area contributed by atoms with Crippen LogP contribution in [0.1, 0.15) is 56.1 Å². The number of carbonyl (C=O) groups is 1. The van der Waals surface area contributed by atoms with Crippen LogP contribution in [0.15, 0.2) is 12.1 Å². The van der Waals surface area contributed by atoms with Crippen LogP contribution in [-0.4, -0.2) is 13.1 Å². The summed E-state index contributed by atoms with van der Waals surface area (Å²) in [5, 5.41) is 0. The minimum atomic E-state index is -2.98. The molecule has 0 aliphatic heterocycles. The Morgan fingerprint density at radius 2 is 1.65 bits per heavy atom. The lowest BCUT2D eigenvalue weighted by Gasteiger charge is -2.16. The van der Waals surface area contributed by atoms with Crippen molar-refractivity contribution in [2.45, 2.75) is 47.5 Å². The number of aryl methyl sites for hydroxylation is 1. The molecule has 0 radical (unpaired) electrons. The second-order valence-electron chi connectivity index (χ2n) is 3.63. The minimum Gasteiger partial charge on any atom is -0.465 e. The van der Waals surface area contributed by atoms with Crippen molar-refractivity contribution in [1.82, 2.24) is 0 Å². The van der Waals surface area contributed by atoms with Crippen molar-refractivity contribution in [2.24, 2.45) is 0 Å². The van der Waals surface area contributed by atoms with Gasteiger partial charge in [-0.1, -0.05) is 27.7 Å². The van der Waals surface area contributed by atoms with E-state index in [9.17, 15) is 13.6 Å². The summed E-state index contributed by atoms with van der Waals surface area (Å²) in [5.41, 5.74) is 5.75. The van der Waals surface area contributed by atoms with Gasteiger partial charge in [-0.2, -0.15) is 0 Å². The number of carbonyl (C=O) groups excluding carboxylic acids is 1. The number of rotatable bonds is 2. The zero-order valence-electron chi connectivity index (χ0n) is 13.3. The largest absolute Gasteiger partial charge is 0.465 e. The highest BCUT2D eigenvalue weighted by Gasteiger charge is 2.28. The number of anilines is 1. The number of hydrogen-bond acceptors (Lipinski definition) is 3. The van der Waals surface area contributed by atoms with Crippen LogP contribution in [0.4, 0.5) is 14.5 Å². The Labute approximate surface area is 120 Å². The van der Waals surface area contributed by atoms with Crippen molar-refractivity contribution in [3.63, 3.8) is 0 Å². The van der Waals surface area contributed by atoms with Crippen molar-refractivity contribution in [3.8, 4) is 0 Å². The molecule has 3 nitrogen and oxygen atoms in total. The van der Waals surface area contributed by atoms with Crippen molar-refractivity contribution >= 4 is 11.7 Å². The molecule has 0 fully saturated rings. The highest BCUT2D eigenvalue weighted by Crippen LogP contribution is 2.32. The molecule has 2 N–H and O–H groups in total. The van der Waals surface area contributed by atoms with Crippen LogP contribution in [0.3, 0.4) is 0 Å². The van der Waals surface area contributed by atoms with Crippen molar-refractivity contribution in [3.05, 3.63) is 28.8 Å². The Bertz CT molecular complexity index is 427. The number of alkyl halides is 2. The number of esters is 1. The predicted octanol–water partition coefficient (Wildman–Crippen LogP) is 4.53. The maximum absolute atomic E-state index is 13.1. The minimum absolute atomic E-state index is 0.00558. The van der Waals surface area contributed by atoms with E-state index in [4.69, 9.17) is 5.73 Å². The normalized spacial score (nSPS) is 9.65. The number of ether oxygens (including phenoxy) is 1. The van der Waals surface area contributed by atoms with E-state index >= 15 is 0 Å². The monoisotopic (exact) mass is 289 g/mol. The molecular weight excluding hydrogens is 264 g/mol. The van der Waals surface area contributed by atoms with Gasteiger partial charge in [-0.05, 0) is 24.6 Å². The number of nitrogens with two attached hydrogens (primary N) is 1. The van der Waals surface area contributed by atoms with E-state index < -0.39 is 11.9 Å².